The fourth-order valence-electron chi connectivity index (χ4n) is 3.71. The molecule has 0 saturated heterocycles. The molecule has 1 aromatic heterocycles. The highest BCUT2D eigenvalue weighted by atomic mass is 32.2. The van der Waals surface area contributed by atoms with Gasteiger partial charge in [-0.25, -0.2) is 4.98 Å². The number of aromatic nitrogens is 1. The Kier molecular flexibility index (Phi) is 13.3. The van der Waals surface area contributed by atoms with Crippen molar-refractivity contribution in [3.05, 3.63) is 53.2 Å². The highest BCUT2D eigenvalue weighted by molar-refractivity contribution is 7.99. The first-order valence-corrected chi connectivity index (χ1v) is 15.2. The summed E-state index contributed by atoms with van der Waals surface area (Å²) in [5, 5.41) is 4.39. The largest absolute Gasteiger partial charge is 0.349 e. The third-order valence-electron chi connectivity index (χ3n) is 5.34. The maximum Gasteiger partial charge on any atom is 0.224 e. The van der Waals surface area contributed by atoms with Gasteiger partial charge in [0.15, 0.2) is 0 Å². The zero-order valence-electron chi connectivity index (χ0n) is 20.0. The fraction of sp³-hybridized carbons (Fsp3) is 0.538. The van der Waals surface area contributed by atoms with E-state index in [1.54, 1.807) is 23.5 Å². The number of carbonyl (C=O) groups excluding carboxylic acids is 1. The predicted molar refractivity (Wildman–Crippen MR) is 144 cm³/mol. The quantitative estimate of drug-likeness (QED) is 0.209. The van der Waals surface area contributed by atoms with E-state index in [0.717, 1.165) is 34.9 Å². The number of amides is 1. The van der Waals surface area contributed by atoms with Crippen LogP contribution in [0.25, 0.3) is 0 Å². The lowest BCUT2D eigenvalue weighted by Gasteiger charge is -2.24. The molecule has 1 heterocycles. The van der Waals surface area contributed by atoms with Gasteiger partial charge in [0.2, 0.25) is 5.91 Å². The summed E-state index contributed by atoms with van der Waals surface area (Å²) in [5.41, 5.74) is 3.26. The summed E-state index contributed by atoms with van der Waals surface area (Å²) in [6, 6.07) is 12.1. The van der Waals surface area contributed by atoms with Crippen molar-refractivity contribution in [1.29, 1.82) is 0 Å². The molecule has 1 amide bonds. The second-order valence-electron chi connectivity index (χ2n) is 7.99. The highest BCUT2D eigenvalue weighted by Gasteiger charge is 2.22. The highest BCUT2D eigenvalue weighted by Crippen LogP contribution is 2.35. The number of nitrogens with zero attached hydrogens (tertiary/aromatic N) is 1. The summed E-state index contributed by atoms with van der Waals surface area (Å²) in [6.45, 7) is 4.30. The first kappa shape index (κ1) is 27.1. The smallest absolute Gasteiger partial charge is 0.224 e. The van der Waals surface area contributed by atoms with E-state index < -0.39 is 0 Å². The Morgan fingerprint density at radius 1 is 1.03 bits per heavy atom. The average Bonchev–Trinajstić information content (AvgIpc) is 2.80. The van der Waals surface area contributed by atoms with Gasteiger partial charge < -0.3 is 5.32 Å². The number of aryl methyl sites for hydroxylation is 1. The topological polar surface area (TPSA) is 42.0 Å². The van der Waals surface area contributed by atoms with Crippen LogP contribution in [0.2, 0.25) is 0 Å². The molecule has 176 valence electrons. The molecule has 0 radical (unpaired) electrons. The molecule has 6 heteroatoms. The lowest BCUT2D eigenvalue weighted by molar-refractivity contribution is -0.121. The Labute approximate surface area is 207 Å². The van der Waals surface area contributed by atoms with E-state index >= 15 is 0 Å². The van der Waals surface area contributed by atoms with E-state index in [9.17, 15) is 4.79 Å². The van der Waals surface area contributed by atoms with Crippen LogP contribution in [0, 0.1) is 6.92 Å². The van der Waals surface area contributed by atoms with Crippen molar-refractivity contribution in [3.63, 3.8) is 0 Å². The van der Waals surface area contributed by atoms with Gasteiger partial charge in [-0.2, -0.15) is 11.8 Å². The number of unbranched alkanes of at least 4 members (excludes halogenated alkanes) is 3. The molecule has 0 aliphatic carbocycles. The maximum atomic E-state index is 12.9. The van der Waals surface area contributed by atoms with E-state index in [0.29, 0.717) is 6.42 Å². The average molecular weight is 491 g/mol. The van der Waals surface area contributed by atoms with Crippen molar-refractivity contribution in [2.24, 2.45) is 0 Å². The van der Waals surface area contributed by atoms with Gasteiger partial charge in [-0.3, -0.25) is 4.79 Å². The lowest BCUT2D eigenvalue weighted by atomic mass is 10.0. The van der Waals surface area contributed by atoms with Gasteiger partial charge in [-0.15, -0.1) is 23.5 Å². The molecule has 2 aromatic rings. The van der Waals surface area contributed by atoms with Crippen LogP contribution < -0.4 is 5.32 Å². The first-order chi connectivity index (χ1) is 15.6. The second-order valence-corrected chi connectivity index (χ2v) is 10.9. The van der Waals surface area contributed by atoms with Gasteiger partial charge in [-0.1, -0.05) is 56.5 Å². The molecule has 0 saturated carbocycles. The Hall–Kier alpha value is -1.11. The molecule has 32 heavy (non-hydrogen) atoms. The molecule has 0 aliphatic heterocycles. The number of carbonyl (C=O) groups is 1. The van der Waals surface area contributed by atoms with E-state index in [1.165, 1.54) is 41.9 Å². The monoisotopic (exact) mass is 490 g/mol. The first-order valence-electron chi connectivity index (χ1n) is 11.6. The molecule has 1 atom stereocenters. The van der Waals surface area contributed by atoms with Crippen molar-refractivity contribution in [2.75, 3.05) is 24.0 Å². The Balaban J connectivity index is 2.08. The molecule has 2 rings (SSSR count). The van der Waals surface area contributed by atoms with Gasteiger partial charge >= 0.3 is 0 Å². The third-order valence-corrected chi connectivity index (χ3v) is 7.97. The summed E-state index contributed by atoms with van der Waals surface area (Å²) in [7, 11) is 0. The van der Waals surface area contributed by atoms with Gasteiger partial charge in [0.05, 0.1) is 12.5 Å². The number of thioether (sulfide) groups is 3. The molecule has 0 aliphatic rings. The van der Waals surface area contributed by atoms with Crippen LogP contribution >= 0.6 is 35.3 Å². The van der Waals surface area contributed by atoms with Crippen molar-refractivity contribution >= 4 is 41.2 Å². The van der Waals surface area contributed by atoms with Gasteiger partial charge in [0.1, 0.15) is 5.03 Å². The summed E-state index contributed by atoms with van der Waals surface area (Å²) in [6.07, 6.45) is 11.9. The van der Waals surface area contributed by atoms with Crippen molar-refractivity contribution in [1.82, 2.24) is 10.3 Å². The van der Waals surface area contributed by atoms with Gasteiger partial charge in [0, 0.05) is 16.2 Å². The zero-order chi connectivity index (χ0) is 23.2. The molecule has 1 unspecified atom stereocenters. The standard InChI is InChI=1S/C26H38N2OS3/c1-5-6-7-11-16-32-17-12-15-22(28-24(29)19-21-13-9-8-10-14-21)25-23(30-3)18-20(2)27-26(25)31-4/h8-10,13-14,18,22H,5-7,11-12,15-17,19H2,1-4H3,(H,28,29). The number of pyridine rings is 1. The number of hydrogen-bond donors (Lipinski definition) is 1. The van der Waals surface area contributed by atoms with E-state index in [-0.39, 0.29) is 11.9 Å². The number of benzene rings is 1. The van der Waals surface area contributed by atoms with Crippen LogP contribution in [0.4, 0.5) is 0 Å². The summed E-state index contributed by atoms with van der Waals surface area (Å²) < 4.78 is 0. The van der Waals surface area contributed by atoms with Crippen molar-refractivity contribution in [3.8, 4) is 0 Å². The molecule has 0 spiro atoms. The molecule has 3 nitrogen and oxygen atoms in total. The van der Waals surface area contributed by atoms with Gasteiger partial charge in [-0.05, 0) is 61.8 Å². The van der Waals surface area contributed by atoms with Crippen molar-refractivity contribution < 1.29 is 4.79 Å². The van der Waals surface area contributed by atoms with Crippen LogP contribution in [-0.4, -0.2) is 34.9 Å². The minimum atomic E-state index is -0.00935. The minimum Gasteiger partial charge on any atom is -0.349 e. The normalized spacial score (nSPS) is 12.0. The minimum absolute atomic E-state index is 0.00935. The Morgan fingerprint density at radius 3 is 2.47 bits per heavy atom. The van der Waals surface area contributed by atoms with E-state index in [4.69, 9.17) is 4.98 Å². The van der Waals surface area contributed by atoms with E-state index in [1.807, 2.05) is 49.0 Å². The molecule has 1 N–H and O–H groups in total. The molecule has 0 fully saturated rings. The zero-order valence-corrected chi connectivity index (χ0v) is 22.4. The molecule has 1 aromatic carbocycles. The Bertz CT molecular complexity index is 789. The van der Waals surface area contributed by atoms with Crippen LogP contribution in [0.1, 0.15) is 68.3 Å². The molecule has 0 bridgehead atoms. The molecular formula is C26H38N2OS3. The second kappa shape index (κ2) is 15.7. The maximum absolute atomic E-state index is 12.9. The number of rotatable bonds is 15. The van der Waals surface area contributed by atoms with Gasteiger partial charge in [0.25, 0.3) is 0 Å². The number of nitrogens with one attached hydrogen (secondary N) is 1. The van der Waals surface area contributed by atoms with E-state index in [2.05, 4.69) is 30.8 Å². The van der Waals surface area contributed by atoms with Crippen LogP contribution in [0.5, 0.6) is 0 Å². The van der Waals surface area contributed by atoms with Crippen LogP contribution in [-0.2, 0) is 11.2 Å². The fourth-order valence-corrected chi connectivity index (χ4v) is 6.21. The predicted octanol–water partition coefficient (Wildman–Crippen LogP) is 7.33. The Morgan fingerprint density at radius 2 is 1.78 bits per heavy atom. The number of hydrogen-bond acceptors (Lipinski definition) is 5. The summed E-state index contributed by atoms with van der Waals surface area (Å²) in [4.78, 5) is 19.0. The summed E-state index contributed by atoms with van der Waals surface area (Å²) >= 11 is 5.46. The van der Waals surface area contributed by atoms with Crippen LogP contribution in [0.3, 0.4) is 0 Å². The molecular weight excluding hydrogens is 453 g/mol. The lowest BCUT2D eigenvalue weighted by Crippen LogP contribution is -2.31. The van der Waals surface area contributed by atoms with Crippen molar-refractivity contribution in [2.45, 2.75) is 74.8 Å². The SMILES string of the molecule is CCCCCCSCCCC(NC(=O)Cc1ccccc1)c1c(SC)cc(C)nc1SC. The third kappa shape index (κ3) is 9.40. The summed E-state index contributed by atoms with van der Waals surface area (Å²) in [5.74, 6) is 2.45. The van der Waals surface area contributed by atoms with Crippen LogP contribution in [0.15, 0.2) is 46.3 Å².